The van der Waals surface area contributed by atoms with Crippen LogP contribution in [0.4, 0.5) is 0 Å². The van der Waals surface area contributed by atoms with E-state index in [1.807, 2.05) is 40.3 Å². The SMILES string of the molecule is Cn1ncc2c1CN(C(=O)C1CCCCN1C(=O)c1cccs1)C2. The van der Waals surface area contributed by atoms with E-state index in [0.29, 0.717) is 24.5 Å². The molecule has 0 radical (unpaired) electrons. The number of amides is 2. The van der Waals surface area contributed by atoms with Gasteiger partial charge in [-0.1, -0.05) is 6.07 Å². The average molecular weight is 344 g/mol. The molecule has 0 aromatic carbocycles. The van der Waals surface area contributed by atoms with Gasteiger partial charge in [0, 0.05) is 25.7 Å². The molecule has 0 saturated carbocycles. The van der Waals surface area contributed by atoms with E-state index in [1.54, 1.807) is 4.90 Å². The molecule has 2 aromatic heterocycles. The van der Waals surface area contributed by atoms with E-state index in [1.165, 1.54) is 11.3 Å². The Morgan fingerprint density at radius 3 is 2.92 bits per heavy atom. The van der Waals surface area contributed by atoms with Crippen LogP contribution >= 0.6 is 11.3 Å². The highest BCUT2D eigenvalue weighted by molar-refractivity contribution is 7.12. The third kappa shape index (κ3) is 2.53. The van der Waals surface area contributed by atoms with E-state index >= 15 is 0 Å². The van der Waals surface area contributed by atoms with Crippen LogP contribution in [0.3, 0.4) is 0 Å². The van der Waals surface area contributed by atoms with Crippen LogP contribution in [0.1, 0.15) is 40.2 Å². The van der Waals surface area contributed by atoms with Gasteiger partial charge in [0.15, 0.2) is 0 Å². The summed E-state index contributed by atoms with van der Waals surface area (Å²) in [5.74, 6) is 0.0530. The Labute approximate surface area is 144 Å². The summed E-state index contributed by atoms with van der Waals surface area (Å²) in [7, 11) is 1.90. The molecule has 6 nitrogen and oxygen atoms in total. The van der Waals surface area contributed by atoms with Crippen LogP contribution in [0.5, 0.6) is 0 Å². The lowest BCUT2D eigenvalue weighted by atomic mass is 10.0. The highest BCUT2D eigenvalue weighted by Gasteiger charge is 2.37. The Morgan fingerprint density at radius 2 is 2.17 bits per heavy atom. The van der Waals surface area contributed by atoms with Crippen molar-refractivity contribution in [1.29, 1.82) is 0 Å². The number of aryl methyl sites for hydroxylation is 1. The van der Waals surface area contributed by atoms with Crippen LogP contribution in [-0.4, -0.2) is 44.0 Å². The molecule has 2 aliphatic heterocycles. The highest BCUT2D eigenvalue weighted by Crippen LogP contribution is 2.27. The summed E-state index contributed by atoms with van der Waals surface area (Å²) in [6.45, 7) is 1.84. The molecule has 1 unspecified atom stereocenters. The first-order valence-corrected chi connectivity index (χ1v) is 9.16. The fraction of sp³-hybridized carbons (Fsp3) is 0.471. The van der Waals surface area contributed by atoms with Gasteiger partial charge in [-0.2, -0.15) is 5.10 Å². The number of carbonyl (C=O) groups excluding carboxylic acids is 2. The summed E-state index contributed by atoms with van der Waals surface area (Å²) in [4.78, 5) is 30.2. The van der Waals surface area contributed by atoms with Gasteiger partial charge in [0.25, 0.3) is 5.91 Å². The van der Waals surface area contributed by atoms with Gasteiger partial charge in [-0.3, -0.25) is 14.3 Å². The lowest BCUT2D eigenvalue weighted by molar-refractivity contribution is -0.137. The van der Waals surface area contributed by atoms with Gasteiger partial charge in [0.1, 0.15) is 6.04 Å². The second kappa shape index (κ2) is 6.05. The molecular formula is C17H20N4O2S. The third-order valence-electron chi connectivity index (χ3n) is 4.94. The summed E-state index contributed by atoms with van der Waals surface area (Å²) >= 11 is 1.44. The quantitative estimate of drug-likeness (QED) is 0.837. The minimum atomic E-state index is -0.337. The van der Waals surface area contributed by atoms with Gasteiger partial charge in [0.05, 0.1) is 23.3 Å². The Balaban J connectivity index is 1.53. The Morgan fingerprint density at radius 1 is 1.29 bits per heavy atom. The van der Waals surface area contributed by atoms with E-state index in [4.69, 9.17) is 0 Å². The van der Waals surface area contributed by atoms with E-state index in [9.17, 15) is 9.59 Å². The number of rotatable bonds is 2. The Hall–Kier alpha value is -2.15. The second-order valence-electron chi connectivity index (χ2n) is 6.42. The van der Waals surface area contributed by atoms with Crippen LogP contribution < -0.4 is 0 Å². The van der Waals surface area contributed by atoms with Crippen LogP contribution in [-0.2, 0) is 24.9 Å². The van der Waals surface area contributed by atoms with Crippen molar-refractivity contribution in [3.63, 3.8) is 0 Å². The minimum Gasteiger partial charge on any atom is -0.331 e. The first kappa shape index (κ1) is 15.4. The topological polar surface area (TPSA) is 58.4 Å². The summed E-state index contributed by atoms with van der Waals surface area (Å²) in [5.41, 5.74) is 2.20. The molecular weight excluding hydrogens is 324 g/mol. The van der Waals surface area contributed by atoms with Gasteiger partial charge >= 0.3 is 0 Å². The first-order valence-electron chi connectivity index (χ1n) is 8.28. The van der Waals surface area contributed by atoms with Crippen LogP contribution in [0.15, 0.2) is 23.7 Å². The average Bonchev–Trinajstić information content (AvgIpc) is 3.32. The second-order valence-corrected chi connectivity index (χ2v) is 7.37. The van der Waals surface area contributed by atoms with E-state index in [2.05, 4.69) is 5.10 Å². The predicted octanol–water partition coefficient (Wildman–Crippen LogP) is 2.02. The fourth-order valence-corrected chi connectivity index (χ4v) is 4.31. The van der Waals surface area contributed by atoms with Crippen molar-refractivity contribution in [3.05, 3.63) is 39.8 Å². The molecule has 7 heteroatoms. The standard InChI is InChI=1S/C17H20N4O2S/c1-19-14-11-20(10-12(14)9-18-19)16(22)13-5-2-3-7-21(13)17(23)15-6-4-8-24-15/h4,6,8-9,13H,2-3,5,7,10-11H2,1H3. The van der Waals surface area contributed by atoms with Gasteiger partial charge in [-0.25, -0.2) is 0 Å². The van der Waals surface area contributed by atoms with Crippen molar-refractivity contribution in [2.45, 2.75) is 38.4 Å². The number of carbonyl (C=O) groups is 2. The molecule has 0 spiro atoms. The monoisotopic (exact) mass is 344 g/mol. The van der Waals surface area contributed by atoms with Gasteiger partial charge < -0.3 is 9.80 Å². The van der Waals surface area contributed by atoms with Crippen molar-refractivity contribution in [1.82, 2.24) is 19.6 Å². The largest absolute Gasteiger partial charge is 0.331 e. The lowest BCUT2D eigenvalue weighted by Crippen LogP contribution is -2.52. The molecule has 24 heavy (non-hydrogen) atoms. The van der Waals surface area contributed by atoms with E-state index in [0.717, 1.165) is 30.5 Å². The third-order valence-corrected chi connectivity index (χ3v) is 5.80. The molecule has 2 aromatic rings. The molecule has 4 heterocycles. The maximum absolute atomic E-state index is 13.1. The fourth-order valence-electron chi connectivity index (χ4n) is 3.63. The lowest BCUT2D eigenvalue weighted by Gasteiger charge is -2.36. The molecule has 2 aliphatic rings. The number of likely N-dealkylation sites (tertiary alicyclic amines) is 1. The van der Waals surface area contributed by atoms with Crippen LogP contribution in [0.2, 0.25) is 0 Å². The Bertz CT molecular complexity index is 768. The summed E-state index contributed by atoms with van der Waals surface area (Å²) in [5, 5.41) is 6.14. The molecule has 1 atom stereocenters. The maximum Gasteiger partial charge on any atom is 0.264 e. The van der Waals surface area contributed by atoms with Gasteiger partial charge in [-0.05, 0) is 30.7 Å². The summed E-state index contributed by atoms with van der Waals surface area (Å²) < 4.78 is 1.83. The van der Waals surface area contributed by atoms with Gasteiger partial charge in [-0.15, -0.1) is 11.3 Å². The van der Waals surface area contributed by atoms with Crippen molar-refractivity contribution in [2.75, 3.05) is 6.54 Å². The molecule has 2 amide bonds. The molecule has 4 rings (SSSR count). The van der Waals surface area contributed by atoms with Crippen LogP contribution in [0, 0.1) is 0 Å². The number of hydrogen-bond acceptors (Lipinski definition) is 4. The zero-order chi connectivity index (χ0) is 16.7. The molecule has 0 N–H and O–H groups in total. The molecule has 1 saturated heterocycles. The van der Waals surface area contributed by atoms with Crippen molar-refractivity contribution < 1.29 is 9.59 Å². The molecule has 0 aliphatic carbocycles. The predicted molar refractivity (Wildman–Crippen MR) is 90.5 cm³/mol. The van der Waals surface area contributed by atoms with Crippen molar-refractivity contribution >= 4 is 23.2 Å². The highest BCUT2D eigenvalue weighted by atomic mass is 32.1. The number of thiophene rings is 1. The smallest absolute Gasteiger partial charge is 0.264 e. The zero-order valence-corrected chi connectivity index (χ0v) is 14.5. The number of fused-ring (bicyclic) bond motifs is 1. The number of hydrogen-bond donors (Lipinski definition) is 0. The van der Waals surface area contributed by atoms with E-state index in [-0.39, 0.29) is 17.9 Å². The normalized spacial score (nSPS) is 20.3. The number of nitrogens with zero attached hydrogens (tertiary/aromatic N) is 4. The zero-order valence-electron chi connectivity index (χ0n) is 13.6. The van der Waals surface area contributed by atoms with Gasteiger partial charge in [0.2, 0.25) is 5.91 Å². The maximum atomic E-state index is 13.1. The minimum absolute atomic E-state index is 0.0126. The first-order chi connectivity index (χ1) is 11.6. The summed E-state index contributed by atoms with van der Waals surface area (Å²) in [6, 6.07) is 3.37. The molecule has 1 fully saturated rings. The van der Waals surface area contributed by atoms with E-state index < -0.39 is 0 Å². The number of aromatic nitrogens is 2. The number of piperidine rings is 1. The summed E-state index contributed by atoms with van der Waals surface area (Å²) in [6.07, 6.45) is 4.54. The molecule has 126 valence electrons. The Kier molecular flexibility index (Phi) is 3.88. The van der Waals surface area contributed by atoms with Crippen LogP contribution in [0.25, 0.3) is 0 Å². The van der Waals surface area contributed by atoms with Crippen molar-refractivity contribution in [2.24, 2.45) is 7.05 Å². The van der Waals surface area contributed by atoms with Crippen molar-refractivity contribution in [3.8, 4) is 0 Å². The molecule has 0 bridgehead atoms.